The summed E-state index contributed by atoms with van der Waals surface area (Å²) < 4.78 is 27.2. The van der Waals surface area contributed by atoms with Gasteiger partial charge < -0.3 is 4.90 Å². The zero-order chi connectivity index (χ0) is 14.2. The quantitative estimate of drug-likeness (QED) is 0.780. The Morgan fingerprint density at radius 2 is 1.75 bits per heavy atom. The second-order valence-corrected chi connectivity index (χ2v) is 7.18. The van der Waals surface area contributed by atoms with Crippen LogP contribution in [0.3, 0.4) is 0 Å². The Morgan fingerprint density at radius 1 is 1.15 bits per heavy atom. The normalized spacial score (nSPS) is 21.1. The van der Waals surface area contributed by atoms with Gasteiger partial charge >= 0.3 is 0 Å². The summed E-state index contributed by atoms with van der Waals surface area (Å²) in [7, 11) is -3.36. The molecule has 0 amide bonds. The number of anilines is 1. The number of hydrogen-bond donors (Lipinski definition) is 0. The van der Waals surface area contributed by atoms with Crippen LogP contribution in [-0.2, 0) is 14.3 Å². The minimum absolute atomic E-state index is 0.216. The molecule has 0 spiro atoms. The van der Waals surface area contributed by atoms with Crippen molar-refractivity contribution in [2.75, 3.05) is 24.2 Å². The molecule has 6 nitrogen and oxygen atoms in total. The first-order chi connectivity index (χ1) is 9.51. The van der Waals surface area contributed by atoms with Gasteiger partial charge in [-0.15, -0.1) is 0 Å². The molecule has 0 radical (unpaired) electrons. The van der Waals surface area contributed by atoms with Gasteiger partial charge in [-0.25, -0.2) is 9.97 Å². The van der Waals surface area contributed by atoms with Crippen molar-refractivity contribution in [1.29, 1.82) is 0 Å². The van der Waals surface area contributed by atoms with E-state index in [1.54, 1.807) is 0 Å². The van der Waals surface area contributed by atoms with Crippen molar-refractivity contribution in [3.63, 3.8) is 0 Å². The summed E-state index contributed by atoms with van der Waals surface area (Å²) in [6, 6.07) is 0. The third-order valence-electron chi connectivity index (χ3n) is 3.74. The lowest BCUT2D eigenvalue weighted by molar-refractivity contribution is 0.179. The summed E-state index contributed by atoms with van der Waals surface area (Å²) in [5, 5.41) is 0. The van der Waals surface area contributed by atoms with Gasteiger partial charge in [-0.3, -0.25) is 4.18 Å². The molecule has 0 aromatic carbocycles. The average molecular weight is 297 g/mol. The SMILES string of the molecule is CS(=O)(=O)OC1CCN(c2ncc(C3CC3)cn2)CC1. The van der Waals surface area contributed by atoms with Crippen molar-refractivity contribution < 1.29 is 12.6 Å². The van der Waals surface area contributed by atoms with Gasteiger partial charge in [0.25, 0.3) is 10.1 Å². The highest BCUT2D eigenvalue weighted by molar-refractivity contribution is 7.86. The Hall–Kier alpha value is -1.21. The van der Waals surface area contributed by atoms with Gasteiger partial charge in [-0.1, -0.05) is 0 Å². The number of hydrogen-bond acceptors (Lipinski definition) is 6. The maximum Gasteiger partial charge on any atom is 0.264 e. The summed E-state index contributed by atoms with van der Waals surface area (Å²) in [6.45, 7) is 1.45. The van der Waals surface area contributed by atoms with Gasteiger partial charge in [0.1, 0.15) is 0 Å². The molecule has 1 aromatic heterocycles. The zero-order valence-corrected chi connectivity index (χ0v) is 12.3. The van der Waals surface area contributed by atoms with E-state index in [1.165, 1.54) is 18.4 Å². The summed E-state index contributed by atoms with van der Waals surface area (Å²) in [6.07, 6.45) is 8.57. The fourth-order valence-corrected chi connectivity index (χ4v) is 3.21. The molecule has 2 heterocycles. The third kappa shape index (κ3) is 3.46. The van der Waals surface area contributed by atoms with E-state index in [0.717, 1.165) is 25.3 Å². The molecular formula is C13H19N3O3S. The van der Waals surface area contributed by atoms with Crippen LogP contribution in [0.25, 0.3) is 0 Å². The van der Waals surface area contributed by atoms with E-state index in [2.05, 4.69) is 14.9 Å². The molecule has 2 fully saturated rings. The van der Waals surface area contributed by atoms with Gasteiger partial charge in [-0.05, 0) is 37.2 Å². The van der Waals surface area contributed by atoms with E-state index >= 15 is 0 Å². The van der Waals surface area contributed by atoms with Gasteiger partial charge in [0.2, 0.25) is 5.95 Å². The lowest BCUT2D eigenvalue weighted by atomic mass is 10.1. The molecule has 1 aliphatic heterocycles. The van der Waals surface area contributed by atoms with Gasteiger partial charge in [0, 0.05) is 25.5 Å². The lowest BCUT2D eigenvalue weighted by Crippen LogP contribution is -2.38. The highest BCUT2D eigenvalue weighted by Crippen LogP contribution is 2.39. The Labute approximate surface area is 119 Å². The first-order valence-electron chi connectivity index (χ1n) is 6.96. The van der Waals surface area contributed by atoms with Crippen molar-refractivity contribution >= 4 is 16.1 Å². The zero-order valence-electron chi connectivity index (χ0n) is 11.5. The van der Waals surface area contributed by atoms with E-state index < -0.39 is 10.1 Å². The fourth-order valence-electron chi connectivity index (χ4n) is 2.52. The Balaban J connectivity index is 1.57. The largest absolute Gasteiger partial charge is 0.341 e. The average Bonchev–Trinajstić information content (AvgIpc) is 3.22. The Morgan fingerprint density at radius 3 is 2.25 bits per heavy atom. The van der Waals surface area contributed by atoms with E-state index in [0.29, 0.717) is 18.8 Å². The highest BCUT2D eigenvalue weighted by atomic mass is 32.2. The molecule has 1 aromatic rings. The molecule has 110 valence electrons. The molecule has 0 bridgehead atoms. The summed E-state index contributed by atoms with van der Waals surface area (Å²) in [5.41, 5.74) is 1.23. The van der Waals surface area contributed by atoms with E-state index in [9.17, 15) is 8.42 Å². The minimum Gasteiger partial charge on any atom is -0.341 e. The lowest BCUT2D eigenvalue weighted by Gasteiger charge is -2.31. The number of piperidine rings is 1. The van der Waals surface area contributed by atoms with Crippen molar-refractivity contribution in [2.45, 2.75) is 37.7 Å². The number of rotatable bonds is 4. The van der Waals surface area contributed by atoms with Crippen LogP contribution in [0.15, 0.2) is 12.4 Å². The maximum atomic E-state index is 11.1. The van der Waals surface area contributed by atoms with Crippen molar-refractivity contribution in [2.24, 2.45) is 0 Å². The fraction of sp³-hybridized carbons (Fsp3) is 0.692. The number of nitrogens with zero attached hydrogens (tertiary/aromatic N) is 3. The predicted octanol–water partition coefficient (Wildman–Crippen LogP) is 1.30. The van der Waals surface area contributed by atoms with Crippen LogP contribution in [-0.4, -0.2) is 43.8 Å². The smallest absolute Gasteiger partial charge is 0.264 e. The van der Waals surface area contributed by atoms with Gasteiger partial charge in [0.15, 0.2) is 0 Å². The van der Waals surface area contributed by atoms with Gasteiger partial charge in [0.05, 0.1) is 12.4 Å². The third-order valence-corrected chi connectivity index (χ3v) is 4.36. The van der Waals surface area contributed by atoms with E-state index in [4.69, 9.17) is 4.18 Å². The molecule has 2 aliphatic rings. The summed E-state index contributed by atoms with van der Waals surface area (Å²) in [5.74, 6) is 1.39. The topological polar surface area (TPSA) is 72.4 Å². The maximum absolute atomic E-state index is 11.1. The van der Waals surface area contributed by atoms with Crippen LogP contribution in [0.4, 0.5) is 5.95 Å². The molecule has 3 rings (SSSR count). The summed E-state index contributed by atoms with van der Waals surface area (Å²) in [4.78, 5) is 10.9. The molecule has 1 saturated carbocycles. The molecule has 0 N–H and O–H groups in total. The Bertz CT molecular complexity index is 561. The standard InChI is InChI=1S/C13H19N3O3S/c1-20(17,18)19-12-4-6-16(7-5-12)13-14-8-11(9-15-13)10-2-3-10/h8-10,12H,2-7H2,1H3. The van der Waals surface area contributed by atoms with Crippen LogP contribution in [0.1, 0.15) is 37.2 Å². The first-order valence-corrected chi connectivity index (χ1v) is 8.78. The van der Waals surface area contributed by atoms with Crippen molar-refractivity contribution in [3.05, 3.63) is 18.0 Å². The molecule has 1 saturated heterocycles. The number of aromatic nitrogens is 2. The van der Waals surface area contributed by atoms with Crippen LogP contribution in [0, 0.1) is 0 Å². The van der Waals surface area contributed by atoms with Crippen LogP contribution in [0.2, 0.25) is 0 Å². The molecule has 0 atom stereocenters. The monoisotopic (exact) mass is 297 g/mol. The van der Waals surface area contributed by atoms with Gasteiger partial charge in [-0.2, -0.15) is 8.42 Å². The predicted molar refractivity (Wildman–Crippen MR) is 75.2 cm³/mol. The Kier molecular flexibility index (Phi) is 3.64. The minimum atomic E-state index is -3.36. The molecular weight excluding hydrogens is 278 g/mol. The van der Waals surface area contributed by atoms with Crippen LogP contribution >= 0.6 is 0 Å². The first kappa shape index (κ1) is 13.8. The van der Waals surface area contributed by atoms with Crippen molar-refractivity contribution in [3.8, 4) is 0 Å². The molecule has 1 aliphatic carbocycles. The van der Waals surface area contributed by atoms with Crippen LogP contribution < -0.4 is 4.90 Å². The molecule has 0 unspecified atom stereocenters. The second-order valence-electron chi connectivity index (χ2n) is 5.58. The van der Waals surface area contributed by atoms with Crippen molar-refractivity contribution in [1.82, 2.24) is 9.97 Å². The van der Waals surface area contributed by atoms with E-state index in [-0.39, 0.29) is 6.10 Å². The highest BCUT2D eigenvalue weighted by Gasteiger charge is 2.26. The second kappa shape index (κ2) is 5.29. The van der Waals surface area contributed by atoms with Crippen LogP contribution in [0.5, 0.6) is 0 Å². The molecule has 7 heteroatoms. The van der Waals surface area contributed by atoms with E-state index in [1.807, 2.05) is 12.4 Å². The molecule has 20 heavy (non-hydrogen) atoms. The summed E-state index contributed by atoms with van der Waals surface area (Å²) >= 11 is 0.